The van der Waals surface area contributed by atoms with Crippen molar-refractivity contribution in [2.24, 2.45) is 0 Å². The number of nitrogens with one attached hydrogen (secondary N) is 2. The van der Waals surface area contributed by atoms with Gasteiger partial charge >= 0.3 is 6.18 Å². The lowest BCUT2D eigenvalue weighted by atomic mass is 9.96. The van der Waals surface area contributed by atoms with E-state index < -0.39 is 30.0 Å². The molecule has 2 fully saturated rings. The number of nitrogens with zero attached hydrogens (tertiary/aromatic N) is 2. The average molecular weight is 577 g/mol. The van der Waals surface area contributed by atoms with Crippen LogP contribution in [0.2, 0.25) is 10.0 Å². The molecule has 7 nitrogen and oxygen atoms in total. The fourth-order valence-corrected chi connectivity index (χ4v) is 5.23. The molecule has 2 aromatic rings. The second-order valence-electron chi connectivity index (χ2n) is 9.95. The van der Waals surface area contributed by atoms with E-state index in [0.29, 0.717) is 18.7 Å². The highest BCUT2D eigenvalue weighted by Gasteiger charge is 2.43. The molecule has 0 unspecified atom stereocenters. The average Bonchev–Trinajstić information content (AvgIpc) is 3.10. The van der Waals surface area contributed by atoms with E-state index in [2.05, 4.69) is 15.2 Å². The fraction of sp³-hybridized carbons (Fsp3) is 0.480. The van der Waals surface area contributed by atoms with Crippen molar-refractivity contribution in [3.8, 4) is 5.75 Å². The summed E-state index contributed by atoms with van der Waals surface area (Å²) in [6, 6.07) is 5.38. The molecule has 3 heterocycles. The molecule has 0 aliphatic carbocycles. The molecule has 3 atom stereocenters. The van der Waals surface area contributed by atoms with E-state index in [1.165, 1.54) is 18.3 Å². The third kappa shape index (κ3) is 6.43. The van der Waals surface area contributed by atoms with Crippen LogP contribution in [0.3, 0.4) is 0 Å². The zero-order chi connectivity index (χ0) is 27.8. The molecule has 2 amide bonds. The lowest BCUT2D eigenvalue weighted by Gasteiger charge is -2.40. The molecular weight excluding hydrogens is 551 g/mol. The van der Waals surface area contributed by atoms with E-state index in [4.69, 9.17) is 27.9 Å². The van der Waals surface area contributed by atoms with E-state index in [9.17, 15) is 27.2 Å². The quantitative estimate of drug-likeness (QED) is 0.345. The Labute approximate surface area is 226 Å². The molecule has 2 aliphatic heterocycles. The highest BCUT2D eigenvalue weighted by molar-refractivity contribution is 6.34. The van der Waals surface area contributed by atoms with Gasteiger partial charge in [0.05, 0.1) is 15.6 Å². The first-order valence-electron chi connectivity index (χ1n) is 12.0. The molecule has 0 saturated carbocycles. The molecule has 206 valence electrons. The van der Waals surface area contributed by atoms with Gasteiger partial charge in [0, 0.05) is 30.4 Å². The Kier molecular flexibility index (Phi) is 7.99. The lowest BCUT2D eigenvalue weighted by molar-refractivity contribution is -0.135. The number of piperidine rings is 1. The Hall–Kier alpha value is -2.79. The van der Waals surface area contributed by atoms with E-state index in [1.54, 1.807) is 19.9 Å². The van der Waals surface area contributed by atoms with Gasteiger partial charge in [-0.15, -0.1) is 0 Å². The monoisotopic (exact) mass is 576 g/mol. The first-order valence-corrected chi connectivity index (χ1v) is 12.7. The van der Waals surface area contributed by atoms with Crippen molar-refractivity contribution in [2.75, 3.05) is 11.4 Å². The van der Waals surface area contributed by atoms with Crippen LogP contribution in [0.4, 0.5) is 23.4 Å². The number of carbonyl (C=O) groups is 2. The number of anilines is 1. The second kappa shape index (κ2) is 10.8. The lowest BCUT2D eigenvalue weighted by Crippen LogP contribution is -2.55. The number of carbonyl (C=O) groups excluding carboxylic acids is 2. The third-order valence-corrected chi connectivity index (χ3v) is 7.26. The topological polar surface area (TPSA) is 83.6 Å². The molecule has 2 aliphatic rings. The van der Waals surface area contributed by atoms with Crippen LogP contribution >= 0.6 is 23.2 Å². The van der Waals surface area contributed by atoms with Crippen molar-refractivity contribution in [3.05, 3.63) is 51.9 Å². The molecule has 2 bridgehead atoms. The normalized spacial score (nSPS) is 21.3. The zero-order valence-electron chi connectivity index (χ0n) is 20.5. The van der Waals surface area contributed by atoms with Crippen LogP contribution in [0, 0.1) is 5.82 Å². The van der Waals surface area contributed by atoms with Gasteiger partial charge in [-0.2, -0.15) is 13.2 Å². The molecule has 38 heavy (non-hydrogen) atoms. The standard InChI is InChI=1S/C25H26Cl2F4N4O3/c1-24(2,38-20-10-17(26)19(28)9-18(20)27)23(37)34-14-7-15-4-5-16(8-14)35(15)21-6-3-13(11-32-21)22(36)33-12-25(29,30)31/h3,6,9-11,14-16H,4-5,7-8,12H2,1-2H3,(H,33,36)(H,34,37)/t14-,15+,16-. The number of alkyl halides is 3. The summed E-state index contributed by atoms with van der Waals surface area (Å²) >= 11 is 11.9. The summed E-state index contributed by atoms with van der Waals surface area (Å²) in [7, 11) is 0. The molecule has 1 aromatic heterocycles. The maximum atomic E-state index is 13.6. The van der Waals surface area contributed by atoms with Crippen molar-refractivity contribution < 1.29 is 31.9 Å². The van der Waals surface area contributed by atoms with E-state index in [-0.39, 0.29) is 45.4 Å². The molecule has 0 radical (unpaired) electrons. The predicted octanol–water partition coefficient (Wildman–Crippen LogP) is 5.29. The SMILES string of the molecule is CC(C)(Oc1cc(Cl)c(F)cc1Cl)C(=O)N[C@H]1C[C@H]2CC[C@@H](C1)N2c1ccc(C(=O)NCC(F)(F)F)cn1. The van der Waals surface area contributed by atoms with Crippen molar-refractivity contribution in [1.29, 1.82) is 0 Å². The number of hydrogen-bond acceptors (Lipinski definition) is 5. The number of pyridine rings is 1. The molecule has 2 saturated heterocycles. The van der Waals surface area contributed by atoms with Gasteiger partial charge in [0.1, 0.15) is 23.9 Å². The van der Waals surface area contributed by atoms with Crippen molar-refractivity contribution in [2.45, 2.75) is 69.4 Å². The Bertz CT molecular complexity index is 1200. The Balaban J connectivity index is 1.36. The van der Waals surface area contributed by atoms with Crippen LogP contribution in [0.5, 0.6) is 5.75 Å². The Morgan fingerprint density at radius 3 is 2.34 bits per heavy atom. The van der Waals surface area contributed by atoms with Gasteiger partial charge in [-0.05, 0) is 57.7 Å². The van der Waals surface area contributed by atoms with Crippen LogP contribution in [0.25, 0.3) is 0 Å². The maximum absolute atomic E-state index is 13.6. The van der Waals surface area contributed by atoms with Gasteiger partial charge in [0.15, 0.2) is 5.60 Å². The highest BCUT2D eigenvalue weighted by atomic mass is 35.5. The third-order valence-electron chi connectivity index (χ3n) is 6.68. The minimum Gasteiger partial charge on any atom is -0.476 e. The van der Waals surface area contributed by atoms with E-state index in [0.717, 1.165) is 18.9 Å². The minimum absolute atomic E-state index is 0.00419. The van der Waals surface area contributed by atoms with Crippen LogP contribution in [0.15, 0.2) is 30.5 Å². The number of halogens is 6. The molecule has 13 heteroatoms. The van der Waals surface area contributed by atoms with Crippen molar-refractivity contribution >= 4 is 40.8 Å². The summed E-state index contributed by atoms with van der Waals surface area (Å²) in [5, 5.41) is 4.69. The number of rotatable bonds is 7. The fourth-order valence-electron chi connectivity index (χ4n) is 4.89. The van der Waals surface area contributed by atoms with E-state index >= 15 is 0 Å². The summed E-state index contributed by atoms with van der Waals surface area (Å²) in [5.74, 6) is -1.18. The summed E-state index contributed by atoms with van der Waals surface area (Å²) in [5.41, 5.74) is -1.28. The van der Waals surface area contributed by atoms with Gasteiger partial charge in [0.2, 0.25) is 0 Å². The predicted molar refractivity (Wildman–Crippen MR) is 134 cm³/mol. The summed E-state index contributed by atoms with van der Waals surface area (Å²) in [6.07, 6.45) is -0.160. The van der Waals surface area contributed by atoms with Gasteiger partial charge in [0.25, 0.3) is 11.8 Å². The van der Waals surface area contributed by atoms with Gasteiger partial charge in [-0.25, -0.2) is 9.37 Å². The molecule has 0 spiro atoms. The first-order chi connectivity index (χ1) is 17.7. The number of ether oxygens (including phenoxy) is 1. The first kappa shape index (κ1) is 28.2. The Morgan fingerprint density at radius 2 is 1.76 bits per heavy atom. The smallest absolute Gasteiger partial charge is 0.405 e. The minimum atomic E-state index is -4.49. The number of benzene rings is 1. The maximum Gasteiger partial charge on any atom is 0.405 e. The van der Waals surface area contributed by atoms with Crippen LogP contribution in [-0.2, 0) is 4.79 Å². The molecule has 4 rings (SSSR count). The van der Waals surface area contributed by atoms with E-state index in [1.807, 2.05) is 5.32 Å². The molecule has 2 N–H and O–H groups in total. The van der Waals surface area contributed by atoms with Gasteiger partial charge in [-0.1, -0.05) is 23.2 Å². The number of fused-ring (bicyclic) bond motifs is 2. The van der Waals surface area contributed by atoms with Crippen LogP contribution in [0.1, 0.15) is 49.9 Å². The summed E-state index contributed by atoms with van der Waals surface area (Å²) in [4.78, 5) is 31.5. The molecular formula is C25H26Cl2F4N4O3. The van der Waals surface area contributed by atoms with Crippen LogP contribution < -0.4 is 20.3 Å². The van der Waals surface area contributed by atoms with Crippen molar-refractivity contribution in [3.63, 3.8) is 0 Å². The zero-order valence-corrected chi connectivity index (χ0v) is 22.1. The van der Waals surface area contributed by atoms with Crippen molar-refractivity contribution in [1.82, 2.24) is 15.6 Å². The second-order valence-corrected chi connectivity index (χ2v) is 10.8. The summed E-state index contributed by atoms with van der Waals surface area (Å²) < 4.78 is 56.5. The molecule has 1 aromatic carbocycles. The largest absolute Gasteiger partial charge is 0.476 e. The Morgan fingerprint density at radius 1 is 1.11 bits per heavy atom. The summed E-state index contributed by atoms with van der Waals surface area (Å²) in [6.45, 7) is 1.75. The highest BCUT2D eigenvalue weighted by Crippen LogP contribution is 2.39. The van der Waals surface area contributed by atoms with Gasteiger partial charge in [-0.3, -0.25) is 9.59 Å². The van der Waals surface area contributed by atoms with Gasteiger partial charge < -0.3 is 20.3 Å². The number of aromatic nitrogens is 1. The van der Waals surface area contributed by atoms with Crippen LogP contribution in [-0.4, -0.2) is 53.2 Å². The number of amides is 2. The number of hydrogen-bond donors (Lipinski definition) is 2.